The minimum absolute atomic E-state index is 0.0268. The lowest BCUT2D eigenvalue weighted by atomic mass is 9.95. The van der Waals surface area contributed by atoms with E-state index in [0.717, 1.165) is 40.9 Å². The van der Waals surface area contributed by atoms with Crippen molar-refractivity contribution in [1.29, 1.82) is 0 Å². The van der Waals surface area contributed by atoms with Gasteiger partial charge in [-0.1, -0.05) is 29.4 Å². The van der Waals surface area contributed by atoms with Crippen LogP contribution in [0.5, 0.6) is 0 Å². The van der Waals surface area contributed by atoms with Crippen molar-refractivity contribution in [2.45, 2.75) is 52.1 Å². The summed E-state index contributed by atoms with van der Waals surface area (Å²) in [6.07, 6.45) is 10.4. The van der Waals surface area contributed by atoms with Gasteiger partial charge in [-0.2, -0.15) is 0 Å². The number of amides is 2. The topological polar surface area (TPSA) is 65.3 Å². The summed E-state index contributed by atoms with van der Waals surface area (Å²) in [6, 6.07) is 10.0. The minimum Gasteiger partial charge on any atom is -0.326 e. The molecular formula is C30H30N4O2. The van der Waals surface area contributed by atoms with E-state index in [9.17, 15) is 9.59 Å². The Kier molecular flexibility index (Phi) is 5.47. The van der Waals surface area contributed by atoms with E-state index in [2.05, 4.69) is 19.1 Å². The first-order chi connectivity index (χ1) is 17.4. The molecule has 4 aliphatic rings. The highest BCUT2D eigenvalue weighted by Crippen LogP contribution is 2.35. The van der Waals surface area contributed by atoms with Crippen molar-refractivity contribution in [3.05, 3.63) is 81.4 Å². The predicted octanol–water partition coefficient (Wildman–Crippen LogP) is 5.34. The van der Waals surface area contributed by atoms with Crippen molar-refractivity contribution in [2.24, 2.45) is 9.98 Å². The molecule has 4 aliphatic heterocycles. The van der Waals surface area contributed by atoms with Gasteiger partial charge >= 0.3 is 0 Å². The van der Waals surface area contributed by atoms with Gasteiger partial charge in [-0.3, -0.25) is 19.6 Å². The second-order valence-corrected chi connectivity index (χ2v) is 10.2. The molecule has 6 heteroatoms. The van der Waals surface area contributed by atoms with Crippen LogP contribution in [0.25, 0.3) is 0 Å². The smallest absolute Gasteiger partial charge is 0.256 e. The number of nitrogens with zero attached hydrogens (tertiary/aromatic N) is 4. The molecule has 0 unspecified atom stereocenters. The maximum absolute atomic E-state index is 13.3. The van der Waals surface area contributed by atoms with Crippen LogP contribution in [0.15, 0.2) is 63.6 Å². The number of carbonyl (C=O) groups is 2. The Morgan fingerprint density at radius 3 is 2.03 bits per heavy atom. The van der Waals surface area contributed by atoms with Gasteiger partial charge in [0, 0.05) is 25.5 Å². The van der Waals surface area contributed by atoms with Gasteiger partial charge in [-0.15, -0.1) is 0 Å². The number of benzene rings is 2. The first-order valence-corrected chi connectivity index (χ1v) is 12.7. The van der Waals surface area contributed by atoms with Gasteiger partial charge < -0.3 is 9.80 Å². The van der Waals surface area contributed by atoms with Crippen LogP contribution in [0.2, 0.25) is 0 Å². The Morgan fingerprint density at radius 2 is 1.42 bits per heavy atom. The molecular weight excluding hydrogens is 448 g/mol. The van der Waals surface area contributed by atoms with Crippen LogP contribution in [0.3, 0.4) is 0 Å². The molecule has 182 valence electrons. The summed E-state index contributed by atoms with van der Waals surface area (Å²) >= 11 is 0. The Bertz CT molecular complexity index is 1410. The summed E-state index contributed by atoms with van der Waals surface area (Å²) in [4.78, 5) is 39.8. The van der Waals surface area contributed by atoms with Gasteiger partial charge in [0.2, 0.25) is 0 Å². The van der Waals surface area contributed by atoms with Crippen LogP contribution in [-0.2, 0) is 6.42 Å². The van der Waals surface area contributed by atoms with Crippen LogP contribution in [0.4, 0.5) is 11.4 Å². The minimum atomic E-state index is 0.0268. The Morgan fingerprint density at radius 1 is 0.833 bits per heavy atom. The average molecular weight is 479 g/mol. The second kappa shape index (κ2) is 8.70. The van der Waals surface area contributed by atoms with Gasteiger partial charge in [0.15, 0.2) is 0 Å². The van der Waals surface area contributed by atoms with Crippen LogP contribution in [0.1, 0.15) is 64.1 Å². The normalized spacial score (nSPS) is 24.6. The Hall–Kier alpha value is -3.80. The highest BCUT2D eigenvalue weighted by atomic mass is 16.2. The first kappa shape index (κ1) is 22.7. The number of aliphatic imine (C=N–C) groups is 2. The van der Waals surface area contributed by atoms with Gasteiger partial charge in [-0.25, -0.2) is 0 Å². The summed E-state index contributed by atoms with van der Waals surface area (Å²) in [6.45, 7) is 7.46. The monoisotopic (exact) mass is 478 g/mol. The van der Waals surface area contributed by atoms with Gasteiger partial charge in [0.1, 0.15) is 0 Å². The quantitative estimate of drug-likeness (QED) is 0.547. The van der Waals surface area contributed by atoms with Crippen molar-refractivity contribution in [2.75, 3.05) is 13.1 Å². The molecule has 2 saturated heterocycles. The third-order valence-electron chi connectivity index (χ3n) is 7.97. The number of fused-ring (bicyclic) bond motifs is 4. The summed E-state index contributed by atoms with van der Waals surface area (Å²) in [5, 5.41) is 0. The zero-order valence-corrected chi connectivity index (χ0v) is 21.0. The van der Waals surface area contributed by atoms with Crippen molar-refractivity contribution in [3.63, 3.8) is 0 Å². The molecule has 0 spiro atoms. The van der Waals surface area contributed by atoms with E-state index in [4.69, 9.17) is 9.98 Å². The third kappa shape index (κ3) is 3.72. The van der Waals surface area contributed by atoms with E-state index >= 15 is 0 Å². The largest absolute Gasteiger partial charge is 0.326 e. The van der Waals surface area contributed by atoms with Crippen molar-refractivity contribution >= 4 is 35.6 Å². The van der Waals surface area contributed by atoms with Crippen LogP contribution in [0, 0.1) is 6.92 Å². The maximum atomic E-state index is 13.3. The molecule has 0 radical (unpaired) electrons. The zero-order valence-electron chi connectivity index (χ0n) is 21.0. The molecule has 2 aromatic rings. The Balaban J connectivity index is 1.29. The molecule has 0 aliphatic carbocycles. The SMILES string of the molecule is C/C=C1\C[C@H]2C=Nc3cc(Cc4cc5c(cc4C)C(=O)N4C/C(=C/C)C[C@H]4C=N5)ccc3C(=O)N2C1. The molecule has 36 heavy (non-hydrogen) atoms. The fourth-order valence-corrected chi connectivity index (χ4v) is 5.73. The van der Waals surface area contributed by atoms with E-state index in [-0.39, 0.29) is 23.9 Å². The van der Waals surface area contributed by atoms with Crippen LogP contribution < -0.4 is 0 Å². The van der Waals surface area contributed by atoms with E-state index < -0.39 is 0 Å². The molecule has 0 aromatic heterocycles. The Labute approximate surface area is 211 Å². The number of hydrogen-bond donors (Lipinski definition) is 0. The third-order valence-corrected chi connectivity index (χ3v) is 7.97. The van der Waals surface area contributed by atoms with E-state index in [1.54, 1.807) is 0 Å². The number of aryl methyl sites for hydroxylation is 1. The first-order valence-electron chi connectivity index (χ1n) is 12.7. The summed E-state index contributed by atoms with van der Waals surface area (Å²) in [5.41, 5.74) is 8.63. The predicted molar refractivity (Wildman–Crippen MR) is 143 cm³/mol. The molecule has 6 rings (SSSR count). The number of rotatable bonds is 2. The molecule has 2 aromatic carbocycles. The van der Waals surface area contributed by atoms with E-state index in [1.807, 2.05) is 66.4 Å². The molecule has 0 saturated carbocycles. The molecule has 2 amide bonds. The molecule has 0 N–H and O–H groups in total. The van der Waals surface area contributed by atoms with Crippen molar-refractivity contribution in [3.8, 4) is 0 Å². The molecule has 4 heterocycles. The lowest BCUT2D eigenvalue weighted by molar-refractivity contribution is 0.0770. The second-order valence-electron chi connectivity index (χ2n) is 10.2. The van der Waals surface area contributed by atoms with E-state index in [1.165, 1.54) is 11.1 Å². The summed E-state index contributed by atoms with van der Waals surface area (Å²) < 4.78 is 0. The molecule has 0 bridgehead atoms. The number of carbonyl (C=O) groups excluding carboxylic acids is 2. The number of hydrogen-bond acceptors (Lipinski definition) is 4. The van der Waals surface area contributed by atoms with Crippen molar-refractivity contribution < 1.29 is 9.59 Å². The fourth-order valence-electron chi connectivity index (χ4n) is 5.73. The molecule has 6 nitrogen and oxygen atoms in total. The fraction of sp³-hybridized carbons (Fsp3) is 0.333. The van der Waals surface area contributed by atoms with Gasteiger partial charge in [0.05, 0.1) is 34.6 Å². The average Bonchev–Trinajstić information content (AvgIpc) is 3.45. The number of allylic oxidation sites excluding steroid dienone is 2. The van der Waals surface area contributed by atoms with Crippen LogP contribution >= 0.6 is 0 Å². The molecule has 2 fully saturated rings. The lowest BCUT2D eigenvalue weighted by Gasteiger charge is -2.20. The maximum Gasteiger partial charge on any atom is 0.256 e. The standard InChI is InChI=1S/C30H30N4O2/c1-4-19-10-23-14-31-27-12-21(6-7-25(27)29(35)33(23)16-19)9-22-13-28-26(8-18(22)3)30(36)34-17-20(5-2)11-24(34)15-32-28/h4-8,12-15,23-24H,9-11,16-17H2,1-3H3/b19-4+,20-5+/t23-,24-/m0/s1. The summed E-state index contributed by atoms with van der Waals surface area (Å²) in [5.74, 6) is 0.102. The highest BCUT2D eigenvalue weighted by molar-refractivity contribution is 6.04. The van der Waals surface area contributed by atoms with Gasteiger partial charge in [0.25, 0.3) is 11.8 Å². The van der Waals surface area contributed by atoms with Gasteiger partial charge in [-0.05, 0) is 81.0 Å². The highest BCUT2D eigenvalue weighted by Gasteiger charge is 2.35. The summed E-state index contributed by atoms with van der Waals surface area (Å²) in [7, 11) is 0. The van der Waals surface area contributed by atoms with Crippen molar-refractivity contribution in [1.82, 2.24) is 9.80 Å². The zero-order chi connectivity index (χ0) is 25.0. The lowest BCUT2D eigenvalue weighted by Crippen LogP contribution is -2.35. The molecule has 2 atom stereocenters. The van der Waals surface area contributed by atoms with E-state index in [0.29, 0.717) is 30.6 Å². The van der Waals surface area contributed by atoms with Crippen LogP contribution in [-0.4, -0.2) is 59.2 Å².